The number of hydrogen-bond donors (Lipinski definition) is 0. The van der Waals surface area contributed by atoms with Crippen molar-refractivity contribution >= 4 is 16.9 Å². The second-order valence-corrected chi connectivity index (χ2v) is 3.30. The Bertz CT molecular complexity index is 568. The van der Waals surface area contributed by atoms with Crippen LogP contribution in [0.25, 0.3) is 10.9 Å². The number of nitrogens with zero attached hydrogens (tertiary/aromatic N) is 1. The van der Waals surface area contributed by atoms with Crippen LogP contribution in [0.3, 0.4) is 0 Å². The van der Waals surface area contributed by atoms with Crippen LogP contribution in [0.1, 0.15) is 6.92 Å². The summed E-state index contributed by atoms with van der Waals surface area (Å²) in [7, 11) is 0. The molecule has 0 fully saturated rings. The average molecular weight is 221 g/mol. The predicted octanol–water partition coefficient (Wildman–Crippen LogP) is 1.54. The minimum atomic E-state index is -0.532. The SMILES string of the molecule is CC(=O)Oc1cc2cc(F)ccc2[n+]([O-])c1. The van der Waals surface area contributed by atoms with Gasteiger partial charge in [0.15, 0.2) is 5.75 Å². The van der Waals surface area contributed by atoms with Crippen molar-refractivity contribution in [3.8, 4) is 5.75 Å². The van der Waals surface area contributed by atoms with Gasteiger partial charge in [-0.2, -0.15) is 4.73 Å². The molecule has 0 aliphatic heterocycles. The molecule has 0 radical (unpaired) electrons. The minimum absolute atomic E-state index is 0.0978. The van der Waals surface area contributed by atoms with Crippen LogP contribution in [0, 0.1) is 11.0 Å². The molecule has 5 heteroatoms. The van der Waals surface area contributed by atoms with Gasteiger partial charge in [0.25, 0.3) is 0 Å². The highest BCUT2D eigenvalue weighted by Gasteiger charge is 2.09. The first-order valence-electron chi connectivity index (χ1n) is 4.57. The average Bonchev–Trinajstić information content (AvgIpc) is 2.15. The third-order valence-corrected chi connectivity index (χ3v) is 2.03. The zero-order valence-corrected chi connectivity index (χ0v) is 8.44. The normalized spacial score (nSPS) is 10.4. The van der Waals surface area contributed by atoms with Gasteiger partial charge in [-0.1, -0.05) is 0 Å². The lowest BCUT2D eigenvalue weighted by molar-refractivity contribution is -0.577. The number of benzene rings is 1. The number of carbonyl (C=O) groups is 1. The molecule has 0 aliphatic carbocycles. The van der Waals surface area contributed by atoms with Crippen molar-refractivity contribution in [2.75, 3.05) is 0 Å². The number of fused-ring (bicyclic) bond motifs is 1. The Morgan fingerprint density at radius 1 is 1.44 bits per heavy atom. The van der Waals surface area contributed by atoms with E-state index in [2.05, 4.69) is 0 Å². The lowest BCUT2D eigenvalue weighted by Crippen LogP contribution is -2.26. The van der Waals surface area contributed by atoms with Crippen molar-refractivity contribution in [1.82, 2.24) is 0 Å². The van der Waals surface area contributed by atoms with Gasteiger partial charge in [0, 0.05) is 19.1 Å². The van der Waals surface area contributed by atoms with Crippen LogP contribution in [0.2, 0.25) is 0 Å². The summed E-state index contributed by atoms with van der Waals surface area (Å²) in [5.41, 5.74) is 0.317. The van der Waals surface area contributed by atoms with E-state index in [4.69, 9.17) is 4.74 Å². The number of aromatic nitrogens is 1. The summed E-state index contributed by atoms with van der Waals surface area (Å²) in [6, 6.07) is 5.21. The maximum Gasteiger partial charge on any atom is 0.308 e. The van der Waals surface area contributed by atoms with Crippen LogP contribution in [0.4, 0.5) is 4.39 Å². The van der Waals surface area contributed by atoms with Crippen LogP contribution in [0.5, 0.6) is 5.75 Å². The summed E-state index contributed by atoms with van der Waals surface area (Å²) < 4.78 is 18.2. The number of ether oxygens (including phenoxy) is 1. The van der Waals surface area contributed by atoms with Crippen LogP contribution < -0.4 is 9.47 Å². The lowest BCUT2D eigenvalue weighted by atomic mass is 10.2. The maximum absolute atomic E-state index is 12.9. The second-order valence-electron chi connectivity index (χ2n) is 3.30. The number of carbonyl (C=O) groups excluding carboxylic acids is 1. The molecule has 0 unspecified atom stereocenters. The zero-order chi connectivity index (χ0) is 11.7. The Morgan fingerprint density at radius 3 is 2.88 bits per heavy atom. The van der Waals surface area contributed by atoms with Crippen LogP contribution in [-0.2, 0) is 4.79 Å². The number of rotatable bonds is 1. The van der Waals surface area contributed by atoms with Gasteiger partial charge in [0.1, 0.15) is 5.82 Å². The molecule has 0 N–H and O–H groups in total. The first-order chi connectivity index (χ1) is 7.56. The Balaban J connectivity index is 2.60. The monoisotopic (exact) mass is 221 g/mol. The van der Waals surface area contributed by atoms with E-state index in [1.54, 1.807) is 0 Å². The molecule has 2 rings (SSSR count). The smallest absolute Gasteiger partial charge is 0.308 e. The van der Waals surface area contributed by atoms with Crippen LogP contribution >= 0.6 is 0 Å². The molecular weight excluding hydrogens is 213 g/mol. The van der Waals surface area contributed by atoms with Gasteiger partial charge < -0.3 is 9.94 Å². The van der Waals surface area contributed by atoms with Crippen LogP contribution in [0.15, 0.2) is 30.5 Å². The lowest BCUT2D eigenvalue weighted by Gasteiger charge is -2.04. The summed E-state index contributed by atoms with van der Waals surface area (Å²) in [4.78, 5) is 10.7. The van der Waals surface area contributed by atoms with E-state index in [0.717, 1.165) is 6.20 Å². The highest BCUT2D eigenvalue weighted by atomic mass is 19.1. The summed E-state index contributed by atoms with van der Waals surface area (Å²) in [6.07, 6.45) is 1.13. The molecule has 4 nitrogen and oxygen atoms in total. The molecule has 16 heavy (non-hydrogen) atoms. The van der Waals surface area contributed by atoms with Gasteiger partial charge in [0.2, 0.25) is 11.7 Å². The van der Waals surface area contributed by atoms with Crippen molar-refractivity contribution in [3.05, 3.63) is 41.5 Å². The Kier molecular flexibility index (Phi) is 2.44. The number of esters is 1. The molecule has 0 saturated carbocycles. The van der Waals surface area contributed by atoms with E-state index in [1.165, 1.54) is 31.2 Å². The van der Waals surface area contributed by atoms with Crippen molar-refractivity contribution < 1.29 is 18.7 Å². The first-order valence-corrected chi connectivity index (χ1v) is 4.57. The number of hydrogen-bond acceptors (Lipinski definition) is 3. The fraction of sp³-hybridized carbons (Fsp3) is 0.0909. The summed E-state index contributed by atoms with van der Waals surface area (Å²) in [5.74, 6) is -0.885. The van der Waals surface area contributed by atoms with Crippen molar-refractivity contribution in [1.29, 1.82) is 0 Å². The van der Waals surface area contributed by atoms with Crippen LogP contribution in [-0.4, -0.2) is 5.97 Å². The third-order valence-electron chi connectivity index (χ3n) is 2.03. The van der Waals surface area contributed by atoms with E-state index < -0.39 is 11.8 Å². The fourth-order valence-corrected chi connectivity index (χ4v) is 1.44. The second kappa shape index (κ2) is 3.77. The Morgan fingerprint density at radius 2 is 2.19 bits per heavy atom. The number of pyridine rings is 1. The van der Waals surface area contributed by atoms with E-state index in [9.17, 15) is 14.4 Å². The predicted molar refractivity (Wildman–Crippen MR) is 54.2 cm³/mol. The summed E-state index contributed by atoms with van der Waals surface area (Å²) in [6.45, 7) is 1.23. The molecule has 0 amide bonds. The molecule has 0 aliphatic rings. The van der Waals surface area contributed by atoms with E-state index in [-0.39, 0.29) is 5.75 Å². The summed E-state index contributed by atoms with van der Waals surface area (Å²) in [5, 5.41) is 11.9. The molecule has 0 spiro atoms. The highest BCUT2D eigenvalue weighted by molar-refractivity contribution is 5.78. The van der Waals surface area contributed by atoms with E-state index >= 15 is 0 Å². The van der Waals surface area contributed by atoms with Crippen molar-refractivity contribution in [2.24, 2.45) is 0 Å². The van der Waals surface area contributed by atoms with Gasteiger partial charge in [-0.05, 0) is 12.1 Å². The molecule has 0 atom stereocenters. The van der Waals surface area contributed by atoms with Gasteiger partial charge in [-0.3, -0.25) is 4.79 Å². The largest absolute Gasteiger partial charge is 0.618 e. The summed E-state index contributed by atoms with van der Waals surface area (Å²) >= 11 is 0. The zero-order valence-electron chi connectivity index (χ0n) is 8.44. The highest BCUT2D eigenvalue weighted by Crippen LogP contribution is 2.18. The van der Waals surface area contributed by atoms with E-state index in [0.29, 0.717) is 15.6 Å². The standard InChI is InChI=1S/C11H8FNO3/c1-7(14)16-10-5-8-4-9(12)2-3-11(8)13(15)6-10/h2-6H,1H3. The molecule has 1 heterocycles. The molecule has 1 aromatic heterocycles. The molecule has 82 valence electrons. The molecule has 0 bridgehead atoms. The molecule has 2 aromatic rings. The van der Waals surface area contributed by atoms with Crippen molar-refractivity contribution in [3.63, 3.8) is 0 Å². The first kappa shape index (κ1) is 10.4. The minimum Gasteiger partial charge on any atom is -0.618 e. The Labute approximate surface area is 90.5 Å². The van der Waals surface area contributed by atoms with Gasteiger partial charge in [-0.15, -0.1) is 0 Å². The Hall–Kier alpha value is -2.17. The number of halogens is 1. The van der Waals surface area contributed by atoms with Gasteiger partial charge >= 0.3 is 5.97 Å². The molecule has 1 aromatic carbocycles. The molecule has 0 saturated heterocycles. The molecular formula is C11H8FNO3. The maximum atomic E-state index is 12.9. The van der Waals surface area contributed by atoms with Gasteiger partial charge in [-0.25, -0.2) is 4.39 Å². The van der Waals surface area contributed by atoms with Gasteiger partial charge in [0.05, 0.1) is 5.39 Å². The fourth-order valence-electron chi connectivity index (χ4n) is 1.44. The van der Waals surface area contributed by atoms with Crippen molar-refractivity contribution in [2.45, 2.75) is 6.92 Å². The quantitative estimate of drug-likeness (QED) is 0.417. The topological polar surface area (TPSA) is 53.2 Å². The third kappa shape index (κ3) is 1.93. The van der Waals surface area contributed by atoms with E-state index in [1.807, 2.05) is 0 Å².